The number of hydrogen-bond acceptors (Lipinski definition) is 3. The van der Waals surface area contributed by atoms with E-state index in [9.17, 15) is 0 Å². The van der Waals surface area contributed by atoms with Crippen LogP contribution in [0.1, 0.15) is 19.8 Å². The van der Waals surface area contributed by atoms with Crippen LogP contribution in [0.25, 0.3) is 0 Å². The molecule has 1 heterocycles. The first kappa shape index (κ1) is 8.97. The summed E-state index contributed by atoms with van der Waals surface area (Å²) in [5.74, 6) is 1.60. The van der Waals surface area contributed by atoms with Crippen LogP contribution in [0.3, 0.4) is 0 Å². The molecule has 0 radical (unpaired) electrons. The van der Waals surface area contributed by atoms with Crippen LogP contribution in [0.2, 0.25) is 0 Å². The molecule has 0 bridgehead atoms. The minimum atomic E-state index is 0.795. The summed E-state index contributed by atoms with van der Waals surface area (Å²) in [5, 5.41) is 0. The highest BCUT2D eigenvalue weighted by Crippen LogP contribution is 2.19. The highest BCUT2D eigenvalue weighted by molar-refractivity contribution is 4.76. The van der Waals surface area contributed by atoms with Crippen molar-refractivity contribution in [3.8, 4) is 0 Å². The van der Waals surface area contributed by atoms with Gasteiger partial charge in [-0.15, -0.1) is 0 Å². The molecule has 0 spiro atoms. The Morgan fingerprint density at radius 2 is 2.09 bits per heavy atom. The largest absolute Gasteiger partial charge is 0.330 e. The van der Waals surface area contributed by atoms with Crippen LogP contribution in [0.5, 0.6) is 0 Å². The lowest BCUT2D eigenvalue weighted by Crippen LogP contribution is -2.21. The Balaban J connectivity index is 2.27. The van der Waals surface area contributed by atoms with Crippen LogP contribution in [-0.2, 0) is 0 Å². The van der Waals surface area contributed by atoms with Gasteiger partial charge in [0.05, 0.1) is 0 Å². The van der Waals surface area contributed by atoms with Crippen LogP contribution in [0.4, 0.5) is 0 Å². The summed E-state index contributed by atoms with van der Waals surface area (Å²) in [6.07, 6.45) is 2.43. The molecule has 0 saturated carbocycles. The molecular weight excluding hydrogens is 138 g/mol. The van der Waals surface area contributed by atoms with Crippen molar-refractivity contribution in [1.29, 1.82) is 0 Å². The van der Waals surface area contributed by atoms with Crippen LogP contribution >= 0.6 is 0 Å². The molecule has 11 heavy (non-hydrogen) atoms. The van der Waals surface area contributed by atoms with Crippen molar-refractivity contribution in [2.45, 2.75) is 19.8 Å². The summed E-state index contributed by atoms with van der Waals surface area (Å²) < 4.78 is 0. The lowest BCUT2D eigenvalue weighted by atomic mass is 9.88. The molecule has 0 aromatic heterocycles. The van der Waals surface area contributed by atoms with E-state index in [4.69, 9.17) is 5.73 Å². The molecule has 1 unspecified atom stereocenters. The van der Waals surface area contributed by atoms with Gasteiger partial charge in [-0.2, -0.15) is 0 Å². The van der Waals surface area contributed by atoms with E-state index in [0.29, 0.717) is 0 Å². The Hall–Kier alpha value is -0.120. The second-order valence-corrected chi connectivity index (χ2v) is 3.27. The minimum absolute atomic E-state index is 0.795. The summed E-state index contributed by atoms with van der Waals surface area (Å²) >= 11 is 0. The van der Waals surface area contributed by atoms with Gasteiger partial charge in [-0.3, -0.25) is 10.9 Å². The van der Waals surface area contributed by atoms with Gasteiger partial charge < -0.3 is 5.73 Å². The van der Waals surface area contributed by atoms with Crippen LogP contribution in [-0.4, -0.2) is 19.6 Å². The van der Waals surface area contributed by atoms with Gasteiger partial charge >= 0.3 is 0 Å². The normalized spacial score (nSPS) is 22.4. The van der Waals surface area contributed by atoms with Crippen molar-refractivity contribution in [2.75, 3.05) is 19.6 Å². The van der Waals surface area contributed by atoms with Crippen LogP contribution < -0.4 is 16.6 Å². The predicted octanol–water partition coefficient (Wildman–Crippen LogP) is 0.0854. The van der Waals surface area contributed by atoms with E-state index in [1.165, 1.54) is 12.8 Å². The summed E-state index contributed by atoms with van der Waals surface area (Å²) in [4.78, 5) is 0. The zero-order chi connectivity index (χ0) is 8.10. The SMILES string of the molecule is CCC(CCN)C1CNNC1. The van der Waals surface area contributed by atoms with Gasteiger partial charge in [-0.05, 0) is 24.8 Å². The second kappa shape index (κ2) is 4.70. The number of rotatable bonds is 4. The molecule has 1 saturated heterocycles. The maximum Gasteiger partial charge on any atom is 0.0143 e. The van der Waals surface area contributed by atoms with Crippen LogP contribution in [0, 0.1) is 11.8 Å². The highest BCUT2D eigenvalue weighted by Gasteiger charge is 2.22. The first-order valence-corrected chi connectivity index (χ1v) is 4.54. The Bertz CT molecular complexity index is 99.5. The fourth-order valence-corrected chi connectivity index (χ4v) is 1.80. The average Bonchev–Trinajstić information content (AvgIpc) is 2.52. The molecule has 0 aromatic rings. The Kier molecular flexibility index (Phi) is 3.83. The molecule has 0 aliphatic carbocycles. The second-order valence-electron chi connectivity index (χ2n) is 3.27. The number of nitrogens with one attached hydrogen (secondary N) is 2. The maximum atomic E-state index is 5.53. The molecule has 1 aliphatic rings. The molecule has 4 N–H and O–H groups in total. The molecule has 1 fully saturated rings. The first-order valence-electron chi connectivity index (χ1n) is 4.54. The van der Waals surface area contributed by atoms with Crippen molar-refractivity contribution in [2.24, 2.45) is 17.6 Å². The molecule has 1 aliphatic heterocycles. The van der Waals surface area contributed by atoms with Crippen LogP contribution in [0.15, 0.2) is 0 Å². The van der Waals surface area contributed by atoms with Crippen molar-refractivity contribution >= 4 is 0 Å². The quantitative estimate of drug-likeness (QED) is 0.542. The number of nitrogens with two attached hydrogens (primary N) is 1. The molecule has 0 amide bonds. The van der Waals surface area contributed by atoms with Gasteiger partial charge in [0.15, 0.2) is 0 Å². The molecule has 0 aromatic carbocycles. The third-order valence-corrected chi connectivity index (χ3v) is 2.58. The molecule has 66 valence electrons. The molecule has 3 heteroatoms. The van der Waals surface area contributed by atoms with E-state index >= 15 is 0 Å². The van der Waals surface area contributed by atoms with Crippen molar-refractivity contribution in [3.05, 3.63) is 0 Å². The minimum Gasteiger partial charge on any atom is -0.330 e. The lowest BCUT2D eigenvalue weighted by Gasteiger charge is -2.19. The van der Waals surface area contributed by atoms with E-state index in [1.807, 2.05) is 0 Å². The Morgan fingerprint density at radius 3 is 2.55 bits per heavy atom. The fraction of sp³-hybridized carbons (Fsp3) is 1.00. The van der Waals surface area contributed by atoms with E-state index in [1.54, 1.807) is 0 Å². The van der Waals surface area contributed by atoms with Gasteiger partial charge in [-0.25, -0.2) is 0 Å². The summed E-state index contributed by atoms with van der Waals surface area (Å²) in [6, 6.07) is 0. The monoisotopic (exact) mass is 157 g/mol. The van der Waals surface area contributed by atoms with E-state index < -0.39 is 0 Å². The third-order valence-electron chi connectivity index (χ3n) is 2.58. The lowest BCUT2D eigenvalue weighted by molar-refractivity contribution is 0.342. The molecule has 3 nitrogen and oxygen atoms in total. The molecule has 1 rings (SSSR count). The van der Waals surface area contributed by atoms with Crippen molar-refractivity contribution in [3.63, 3.8) is 0 Å². The topological polar surface area (TPSA) is 50.1 Å². The predicted molar refractivity (Wildman–Crippen MR) is 46.9 cm³/mol. The summed E-state index contributed by atoms with van der Waals surface area (Å²) in [5.41, 5.74) is 11.8. The number of hydrazine groups is 1. The van der Waals surface area contributed by atoms with E-state index in [2.05, 4.69) is 17.8 Å². The zero-order valence-electron chi connectivity index (χ0n) is 7.27. The maximum absolute atomic E-state index is 5.53. The zero-order valence-corrected chi connectivity index (χ0v) is 7.27. The summed E-state index contributed by atoms with van der Waals surface area (Å²) in [6.45, 7) is 5.30. The first-order chi connectivity index (χ1) is 5.38. The van der Waals surface area contributed by atoms with Crippen molar-refractivity contribution < 1.29 is 0 Å². The van der Waals surface area contributed by atoms with E-state index in [-0.39, 0.29) is 0 Å². The van der Waals surface area contributed by atoms with Gasteiger partial charge in [0.2, 0.25) is 0 Å². The highest BCUT2D eigenvalue weighted by atomic mass is 15.4. The van der Waals surface area contributed by atoms with Gasteiger partial charge in [-0.1, -0.05) is 13.3 Å². The smallest absolute Gasteiger partial charge is 0.0143 e. The Morgan fingerprint density at radius 1 is 1.45 bits per heavy atom. The van der Waals surface area contributed by atoms with Gasteiger partial charge in [0, 0.05) is 13.1 Å². The van der Waals surface area contributed by atoms with Gasteiger partial charge in [0.25, 0.3) is 0 Å². The molecular formula is C8H19N3. The average molecular weight is 157 g/mol. The number of hydrogen-bond donors (Lipinski definition) is 3. The Labute approximate surface area is 68.7 Å². The molecule has 1 atom stereocenters. The van der Waals surface area contributed by atoms with Crippen molar-refractivity contribution in [1.82, 2.24) is 10.9 Å². The van der Waals surface area contributed by atoms with Gasteiger partial charge in [0.1, 0.15) is 0 Å². The third kappa shape index (κ3) is 2.43. The fourth-order valence-electron chi connectivity index (χ4n) is 1.80. The summed E-state index contributed by atoms with van der Waals surface area (Å²) in [7, 11) is 0. The van der Waals surface area contributed by atoms with E-state index in [0.717, 1.165) is 31.5 Å². The standard InChI is InChI=1S/C8H19N3/c1-2-7(3-4-9)8-5-10-11-6-8/h7-8,10-11H,2-6,9H2,1H3.